The molecule has 0 aromatic heterocycles. The fraction of sp³-hybridized carbons (Fsp3) is 0.649. The Bertz CT molecular complexity index is 3610. The number of rotatable bonds is 31. The van der Waals surface area contributed by atoms with Gasteiger partial charge in [-0.05, 0) is 166 Å². The lowest BCUT2D eigenvalue weighted by Crippen LogP contribution is -2.66. The molecule has 0 aliphatic carbocycles. The lowest BCUT2D eigenvalue weighted by atomic mass is 9.87. The summed E-state index contributed by atoms with van der Waals surface area (Å²) >= 11 is 7.36. The highest BCUT2D eigenvalue weighted by molar-refractivity contribution is 14.1. The third-order valence-electron chi connectivity index (χ3n) is 24.5. The van der Waals surface area contributed by atoms with Crippen LogP contribution in [0.3, 0.4) is 0 Å². The van der Waals surface area contributed by atoms with E-state index >= 15 is 0 Å². The van der Waals surface area contributed by atoms with Gasteiger partial charge >= 0.3 is 17.9 Å². The first-order valence-electron chi connectivity index (χ1n) is 43.2. The van der Waals surface area contributed by atoms with Gasteiger partial charge in [0.1, 0.15) is 31.5 Å². The molecule has 9 aliphatic heterocycles. The Morgan fingerprint density at radius 3 is 1.27 bits per heavy atom. The van der Waals surface area contributed by atoms with Crippen LogP contribution in [0, 0.1) is 13.1 Å². The van der Waals surface area contributed by atoms with E-state index in [1.165, 1.54) is 39.9 Å². The van der Waals surface area contributed by atoms with Crippen LogP contribution < -0.4 is 20.7 Å². The Morgan fingerprint density at radius 1 is 0.513 bits per heavy atom. The summed E-state index contributed by atoms with van der Waals surface area (Å²) in [4.78, 5) is 40.5. The summed E-state index contributed by atoms with van der Waals surface area (Å²) in [5, 5.41) is 23.7. The molecule has 13 rings (SSSR count). The number of nitrogens with zero attached hydrogens (tertiary/aromatic N) is 2. The van der Waals surface area contributed by atoms with Crippen LogP contribution in [0.4, 0.5) is 0 Å². The van der Waals surface area contributed by atoms with Crippen LogP contribution in [-0.4, -0.2) is 195 Å². The van der Waals surface area contributed by atoms with E-state index in [0.717, 1.165) is 169 Å². The predicted octanol–water partition coefficient (Wildman–Crippen LogP) is 17.7. The minimum absolute atomic E-state index is 0.0113. The number of esters is 3. The zero-order valence-corrected chi connectivity index (χ0v) is 79.4. The Balaban J connectivity index is 0.000000184. The van der Waals surface area contributed by atoms with Crippen molar-refractivity contribution in [1.82, 2.24) is 0 Å². The Labute approximate surface area is 743 Å². The lowest BCUT2D eigenvalue weighted by Gasteiger charge is -2.43. The Kier molecular flexibility index (Phi) is 42.1. The third kappa shape index (κ3) is 28.8. The summed E-state index contributed by atoms with van der Waals surface area (Å²) in [6.45, 7) is 40.5. The van der Waals surface area contributed by atoms with Crippen molar-refractivity contribution in [2.75, 3.05) is 66.1 Å². The summed E-state index contributed by atoms with van der Waals surface area (Å²) in [5.74, 6) is -0.334. The van der Waals surface area contributed by atoms with E-state index in [4.69, 9.17) is 70.4 Å². The van der Waals surface area contributed by atoms with Gasteiger partial charge in [-0.3, -0.25) is 14.4 Å². The second-order valence-corrected chi connectivity index (χ2v) is 47.6. The molecule has 0 bridgehead atoms. The van der Waals surface area contributed by atoms with Crippen LogP contribution in [0.5, 0.6) is 0 Å². The largest absolute Gasteiger partial charge is 0.469 e. The quantitative estimate of drug-likeness (QED) is 0.00703. The van der Waals surface area contributed by atoms with Gasteiger partial charge in [0.2, 0.25) is 13.1 Å². The molecule has 0 spiro atoms. The minimum Gasteiger partial charge on any atom is -0.469 e. The minimum atomic E-state index is -2.49. The van der Waals surface area contributed by atoms with Crippen molar-refractivity contribution in [3.05, 3.63) is 168 Å². The number of methoxy groups -OCH3 is 1. The molecule has 9 aliphatic rings. The number of halogens is 3. The molecular weight excluding hydrogens is 1850 g/mol. The maximum absolute atomic E-state index is 11.3. The number of benzene rings is 4. The normalized spacial score (nSPS) is 27.3. The summed E-state index contributed by atoms with van der Waals surface area (Å²) in [6.07, 6.45) is 26.2. The molecular formula is C94H135I3N2O16Si2. The van der Waals surface area contributed by atoms with Gasteiger partial charge in [0.25, 0.3) is 8.32 Å². The van der Waals surface area contributed by atoms with Gasteiger partial charge in [0.15, 0.2) is 0 Å². The molecule has 2 unspecified atom stereocenters. The van der Waals surface area contributed by atoms with Crippen molar-refractivity contribution >= 4 is 123 Å². The number of aliphatic hydroxyl groups excluding tert-OH is 2. The van der Waals surface area contributed by atoms with E-state index in [1.54, 1.807) is 10.4 Å². The molecule has 4 aromatic carbocycles. The first kappa shape index (κ1) is 98.4. The van der Waals surface area contributed by atoms with Crippen molar-refractivity contribution in [1.29, 1.82) is 0 Å². The summed E-state index contributed by atoms with van der Waals surface area (Å²) in [6, 6.07) is 43.8. The van der Waals surface area contributed by atoms with Crippen LogP contribution in [-0.2, 0) is 66.2 Å². The molecule has 14 atom stereocenters. The molecule has 117 heavy (non-hydrogen) atoms. The highest BCUT2D eigenvalue weighted by Crippen LogP contribution is 2.47. The van der Waals surface area contributed by atoms with Gasteiger partial charge in [-0.1, -0.05) is 254 Å². The van der Waals surface area contributed by atoms with Gasteiger partial charge in [0, 0.05) is 90.9 Å². The van der Waals surface area contributed by atoms with E-state index in [0.29, 0.717) is 50.4 Å². The maximum atomic E-state index is 11.3. The molecule has 4 aromatic rings. The molecule has 18 nitrogen and oxygen atoms in total. The van der Waals surface area contributed by atoms with Crippen LogP contribution in [0.15, 0.2) is 146 Å². The van der Waals surface area contributed by atoms with E-state index in [-0.39, 0.29) is 121 Å². The van der Waals surface area contributed by atoms with E-state index in [2.05, 4.69) is 258 Å². The zero-order valence-electron chi connectivity index (χ0n) is 70.9. The lowest BCUT2D eigenvalue weighted by molar-refractivity contribution is -0.153. The van der Waals surface area contributed by atoms with Gasteiger partial charge in [-0.15, -0.1) is 0 Å². The highest BCUT2D eigenvalue weighted by Gasteiger charge is 2.55. The van der Waals surface area contributed by atoms with Crippen molar-refractivity contribution in [3.63, 3.8) is 0 Å². The fourth-order valence-corrected chi connectivity index (χ4v) is 35.1. The first-order valence-corrected chi connectivity index (χ1v) is 51.9. The fourth-order valence-electron chi connectivity index (χ4n) is 18.1. The monoisotopic (exact) mass is 1980 g/mol. The standard InChI is InChI=1S/C30H40O4Si.C17H21ISi.C15H22INO4.C14H22INO3.C14H22O4.C4H8O/c1-23-22-25(33-28(23)19-17-24-18-20-29(31)34-24)12-11-21-32-35(30(2,3)4,26-13-7-5-8-14-26)27-15-9-6-10-16-27;1-17(2,3)19(14-18,15-10-6-4-7-11-15)16-12-8-5-9-13-16;1-17-8-7-11-3-5-13-15(10-16,21-11)9-12(20-13)4-6-14(18)19-2;1-16-7-6-11-4-5-13-14(10-15,19-11)9-12(18-13)3-2-8-17;1-10-9-12(3-2-8-15)17-13(10)6-4-11-5-7-14(16)18-11;1-2-4-5-3-1/h5-10,13-16,24-25,28H,1,11-12,17-22H2,2-4H3;4-13H,14H2,1-3H3;11-13H,3-10H2,2H3;11-13,17H,2-10H2;11-13,15H,1-9H2;1-4H2/t24?,25-,28-;;11-,12+,13+,15-;11-,12+,13+,14-;11?,12-,13-;/m0.110./s1. The molecule has 0 radical (unpaired) electrons. The molecule has 9 fully saturated rings. The number of alkyl halides is 3. The van der Waals surface area contributed by atoms with E-state index < -0.39 is 16.4 Å². The molecule has 2 N–H and O–H groups in total. The van der Waals surface area contributed by atoms with Crippen LogP contribution in [0.25, 0.3) is 9.69 Å². The van der Waals surface area contributed by atoms with Crippen molar-refractivity contribution in [2.24, 2.45) is 0 Å². The third-order valence-corrected chi connectivity index (χ3v) is 41.1. The number of cyclic esters (lactones) is 2. The SMILES string of the molecule is C1CCOC1.C=C1C[C@H](CCCO)O[C@H]1CCC1CCC(=O)O1.C=C1C[C@H](CCCO[Si](c2ccccc2)(c2ccccc2)C(C)(C)C)O[C@H]1CCC1CCC(=O)O1.CC(C)(C)[Si](CI)(c1ccccc1)c1ccccc1.[C-]#[N+]CC[C@H]1CC[C@@H]2O[C@@H](CCC(=O)OC)C[C@]2(CI)O1.[C-]#[N+]CC[C@H]1CC[C@@H]2O[C@@H](CCCO)C[C@]2(CI)O1. The molecule has 0 amide bonds. The zero-order chi connectivity index (χ0) is 84.3. The van der Waals surface area contributed by atoms with Crippen LogP contribution >= 0.6 is 67.8 Å². The number of carbonyl (C=O) groups is 3. The molecule has 0 saturated carbocycles. The maximum Gasteiger partial charge on any atom is 0.306 e. The van der Waals surface area contributed by atoms with Crippen molar-refractivity contribution in [3.8, 4) is 0 Å². The summed E-state index contributed by atoms with van der Waals surface area (Å²) in [5.41, 5.74) is 1.94. The average Bonchev–Trinajstić information content (AvgIpc) is 1.03. The molecule has 646 valence electrons. The Morgan fingerprint density at radius 2 is 0.923 bits per heavy atom. The number of ether oxygens (including phenoxy) is 10. The van der Waals surface area contributed by atoms with Gasteiger partial charge in [-0.25, -0.2) is 13.1 Å². The molecule has 9 heterocycles. The smallest absolute Gasteiger partial charge is 0.306 e. The number of fused-ring (bicyclic) bond motifs is 2. The number of carbonyl (C=O) groups excluding carboxylic acids is 3. The van der Waals surface area contributed by atoms with Crippen LogP contribution in [0.2, 0.25) is 10.1 Å². The molecule has 9 saturated heterocycles. The topological polar surface area (TPSA) is 202 Å². The van der Waals surface area contributed by atoms with Gasteiger partial charge in [-0.2, -0.15) is 0 Å². The number of hydrogen-bond acceptors (Lipinski definition) is 16. The van der Waals surface area contributed by atoms with E-state index in [9.17, 15) is 14.4 Å². The number of hydrogen-bond donors (Lipinski definition) is 2. The second kappa shape index (κ2) is 50.1. The molecule has 23 heteroatoms. The van der Waals surface area contributed by atoms with Crippen molar-refractivity contribution in [2.45, 2.75) is 316 Å². The highest BCUT2D eigenvalue weighted by atomic mass is 127. The van der Waals surface area contributed by atoms with E-state index in [1.807, 2.05) is 0 Å². The average molecular weight is 1990 g/mol. The predicted molar refractivity (Wildman–Crippen MR) is 495 cm³/mol. The summed E-state index contributed by atoms with van der Waals surface area (Å²) in [7, 11) is -2.81. The Hall–Kier alpha value is -4.03. The second-order valence-electron chi connectivity index (χ2n) is 34.8. The van der Waals surface area contributed by atoms with Gasteiger partial charge in [0.05, 0.1) is 68.1 Å². The van der Waals surface area contributed by atoms with Gasteiger partial charge < -0.3 is 71.7 Å². The van der Waals surface area contributed by atoms with Crippen LogP contribution in [0.1, 0.15) is 221 Å². The first-order chi connectivity index (χ1) is 56.4. The van der Waals surface area contributed by atoms with Crippen molar-refractivity contribution < 1.29 is 76.4 Å². The number of aliphatic hydroxyl groups is 2. The summed E-state index contributed by atoms with van der Waals surface area (Å²) < 4.78 is 67.4.